The number of carbonyl (C=O) groups excluding carboxylic acids is 1. The summed E-state index contributed by atoms with van der Waals surface area (Å²) in [6.45, 7) is 1.89. The normalized spacial score (nSPS) is 11.8. The van der Waals surface area contributed by atoms with Crippen molar-refractivity contribution in [1.82, 2.24) is 13.9 Å². The number of nitrogens with zero attached hydrogens (tertiary/aromatic N) is 3. The largest absolute Gasteiger partial charge is 0.298 e. The molecule has 6 nitrogen and oxygen atoms in total. The minimum absolute atomic E-state index is 0.151. The van der Waals surface area contributed by atoms with Gasteiger partial charge in [-0.1, -0.05) is 35.4 Å². The van der Waals surface area contributed by atoms with Crippen molar-refractivity contribution in [3.8, 4) is 11.1 Å². The molecule has 158 valence electrons. The Morgan fingerprint density at radius 2 is 1.75 bits per heavy atom. The Labute approximate surface area is 189 Å². The second kappa shape index (κ2) is 7.55. The number of halogens is 1. The predicted molar refractivity (Wildman–Crippen MR) is 125 cm³/mol. The number of carbonyl (C=O) groups is 1. The van der Waals surface area contributed by atoms with Crippen LogP contribution in [0.2, 0.25) is 5.02 Å². The third-order valence-corrected chi connectivity index (χ3v) is 7.34. The highest BCUT2D eigenvalue weighted by Crippen LogP contribution is 2.35. The van der Waals surface area contributed by atoms with Crippen LogP contribution in [-0.2, 0) is 10.0 Å². The molecule has 2 aromatic carbocycles. The maximum absolute atomic E-state index is 13.4. The minimum Gasteiger partial charge on any atom is -0.298 e. The number of aldehydes is 1. The molecular weight excluding hydrogens is 446 g/mol. The lowest BCUT2D eigenvalue weighted by molar-refractivity contribution is 0.112. The molecule has 8 heteroatoms. The fraction of sp³-hybridized carbons (Fsp3) is 0.0417. The number of benzene rings is 2. The van der Waals surface area contributed by atoms with Crippen molar-refractivity contribution in [2.24, 2.45) is 0 Å². The molecular formula is C24H16ClN3O3S. The Bertz CT molecular complexity index is 1620. The van der Waals surface area contributed by atoms with Crippen LogP contribution >= 0.6 is 11.6 Å². The van der Waals surface area contributed by atoms with Crippen molar-refractivity contribution in [1.29, 1.82) is 0 Å². The first-order chi connectivity index (χ1) is 15.4. The highest BCUT2D eigenvalue weighted by molar-refractivity contribution is 7.90. The zero-order valence-corrected chi connectivity index (χ0v) is 18.4. The number of hydrogen-bond donors (Lipinski definition) is 0. The zero-order chi connectivity index (χ0) is 22.5. The molecule has 0 saturated heterocycles. The summed E-state index contributed by atoms with van der Waals surface area (Å²) in [6, 6.07) is 15.5. The first-order valence-corrected chi connectivity index (χ1v) is 11.5. The van der Waals surface area contributed by atoms with E-state index in [0.717, 1.165) is 26.0 Å². The molecule has 0 saturated carbocycles. The predicted octanol–water partition coefficient (Wildman–Crippen LogP) is 5.26. The van der Waals surface area contributed by atoms with Crippen molar-refractivity contribution in [2.75, 3.05) is 0 Å². The van der Waals surface area contributed by atoms with Crippen LogP contribution in [-0.4, -0.2) is 28.6 Å². The second-order valence-corrected chi connectivity index (χ2v) is 9.66. The van der Waals surface area contributed by atoms with Crippen LogP contribution in [0.5, 0.6) is 0 Å². The number of aryl methyl sites for hydroxylation is 1. The Balaban J connectivity index is 1.80. The smallest absolute Gasteiger partial charge is 0.269 e. The summed E-state index contributed by atoms with van der Waals surface area (Å²) in [6.07, 6.45) is 5.21. The van der Waals surface area contributed by atoms with E-state index in [1.54, 1.807) is 42.6 Å². The van der Waals surface area contributed by atoms with E-state index in [0.29, 0.717) is 27.8 Å². The molecule has 0 N–H and O–H groups in total. The fourth-order valence-electron chi connectivity index (χ4n) is 3.68. The SMILES string of the molecule is Cc1ccc(S(=O)(=O)n2cc(-c3ccc4nccc(Cl)c4c3)c3cc(C=O)cnc32)cc1. The summed E-state index contributed by atoms with van der Waals surface area (Å²) in [5.41, 5.74) is 3.63. The van der Waals surface area contributed by atoms with Crippen LogP contribution in [0.3, 0.4) is 0 Å². The highest BCUT2D eigenvalue weighted by Gasteiger charge is 2.23. The van der Waals surface area contributed by atoms with Crippen molar-refractivity contribution in [3.05, 3.63) is 89.3 Å². The molecule has 0 fully saturated rings. The van der Waals surface area contributed by atoms with Gasteiger partial charge in [0, 0.05) is 40.5 Å². The van der Waals surface area contributed by atoms with E-state index < -0.39 is 10.0 Å². The molecule has 0 amide bonds. The molecule has 0 unspecified atom stereocenters. The van der Waals surface area contributed by atoms with Crippen LogP contribution in [0.15, 0.2) is 78.1 Å². The summed E-state index contributed by atoms with van der Waals surface area (Å²) in [7, 11) is -3.91. The maximum Gasteiger partial charge on any atom is 0.269 e. The lowest BCUT2D eigenvalue weighted by Gasteiger charge is -2.07. The third kappa shape index (κ3) is 3.26. The average molecular weight is 462 g/mol. The summed E-state index contributed by atoms with van der Waals surface area (Å²) < 4.78 is 28.1. The number of aromatic nitrogens is 3. The number of pyridine rings is 2. The molecule has 5 rings (SSSR count). The molecule has 0 aliphatic carbocycles. The van der Waals surface area contributed by atoms with Gasteiger partial charge in [0.2, 0.25) is 0 Å². The standard InChI is InChI=1S/C24H16ClN3O3S/c1-15-2-5-18(6-3-15)32(30,31)28-13-21(19-10-16(14-29)12-27-24(19)28)17-4-7-23-20(11-17)22(25)8-9-26-23/h2-14H,1H3. The van der Waals surface area contributed by atoms with Crippen molar-refractivity contribution >= 4 is 49.8 Å². The van der Waals surface area contributed by atoms with E-state index in [4.69, 9.17) is 11.6 Å². The van der Waals surface area contributed by atoms with Gasteiger partial charge in [0.05, 0.1) is 15.4 Å². The van der Waals surface area contributed by atoms with Gasteiger partial charge in [0.25, 0.3) is 10.0 Å². The summed E-state index contributed by atoms with van der Waals surface area (Å²) in [5, 5.41) is 1.83. The van der Waals surface area contributed by atoms with Crippen LogP contribution in [0.1, 0.15) is 15.9 Å². The lowest BCUT2D eigenvalue weighted by Crippen LogP contribution is -2.12. The average Bonchev–Trinajstić information content (AvgIpc) is 3.19. The molecule has 3 heterocycles. The third-order valence-electron chi connectivity index (χ3n) is 5.35. The van der Waals surface area contributed by atoms with E-state index >= 15 is 0 Å². The van der Waals surface area contributed by atoms with Gasteiger partial charge in [-0.3, -0.25) is 9.78 Å². The molecule has 0 spiro atoms. The zero-order valence-electron chi connectivity index (χ0n) is 16.9. The van der Waals surface area contributed by atoms with Gasteiger partial charge in [0.15, 0.2) is 11.9 Å². The highest BCUT2D eigenvalue weighted by atomic mass is 35.5. The minimum atomic E-state index is -3.91. The lowest BCUT2D eigenvalue weighted by atomic mass is 10.0. The van der Waals surface area contributed by atoms with Gasteiger partial charge in [-0.25, -0.2) is 17.4 Å². The number of hydrogen-bond acceptors (Lipinski definition) is 5. The summed E-state index contributed by atoms with van der Waals surface area (Å²) in [4.78, 5) is 20.2. The van der Waals surface area contributed by atoms with Crippen molar-refractivity contribution in [2.45, 2.75) is 11.8 Å². The van der Waals surface area contributed by atoms with Gasteiger partial charge in [0.1, 0.15) is 0 Å². The van der Waals surface area contributed by atoms with Crippen molar-refractivity contribution < 1.29 is 13.2 Å². The van der Waals surface area contributed by atoms with Gasteiger partial charge in [-0.05, 0) is 48.9 Å². The van der Waals surface area contributed by atoms with E-state index in [1.165, 1.54) is 12.4 Å². The van der Waals surface area contributed by atoms with E-state index in [1.807, 2.05) is 25.1 Å². The quantitative estimate of drug-likeness (QED) is 0.341. The molecule has 0 radical (unpaired) electrons. The Morgan fingerprint density at radius 1 is 0.969 bits per heavy atom. The number of fused-ring (bicyclic) bond motifs is 2. The molecule has 0 atom stereocenters. The van der Waals surface area contributed by atoms with Crippen LogP contribution in [0, 0.1) is 6.92 Å². The van der Waals surface area contributed by atoms with Crippen LogP contribution in [0.4, 0.5) is 0 Å². The Kier molecular flexibility index (Phi) is 4.80. The van der Waals surface area contributed by atoms with Crippen LogP contribution < -0.4 is 0 Å². The molecule has 0 bridgehead atoms. The van der Waals surface area contributed by atoms with Gasteiger partial charge in [-0.2, -0.15) is 0 Å². The first kappa shape index (κ1) is 20.4. The first-order valence-electron chi connectivity index (χ1n) is 9.71. The molecule has 0 aliphatic heterocycles. The fourth-order valence-corrected chi connectivity index (χ4v) is 5.21. The van der Waals surface area contributed by atoms with Gasteiger partial charge < -0.3 is 0 Å². The van der Waals surface area contributed by atoms with Crippen molar-refractivity contribution in [3.63, 3.8) is 0 Å². The maximum atomic E-state index is 13.4. The molecule has 3 aromatic heterocycles. The molecule has 0 aliphatic rings. The summed E-state index contributed by atoms with van der Waals surface area (Å²) in [5.74, 6) is 0. The van der Waals surface area contributed by atoms with E-state index in [9.17, 15) is 13.2 Å². The molecule has 32 heavy (non-hydrogen) atoms. The topological polar surface area (TPSA) is 81.9 Å². The summed E-state index contributed by atoms with van der Waals surface area (Å²) >= 11 is 6.35. The van der Waals surface area contributed by atoms with Gasteiger partial charge >= 0.3 is 0 Å². The van der Waals surface area contributed by atoms with Crippen LogP contribution in [0.25, 0.3) is 33.1 Å². The Hall–Kier alpha value is -3.55. The van der Waals surface area contributed by atoms with E-state index in [-0.39, 0.29) is 10.5 Å². The second-order valence-electron chi connectivity index (χ2n) is 7.44. The Morgan fingerprint density at radius 3 is 2.50 bits per heavy atom. The monoisotopic (exact) mass is 461 g/mol. The number of rotatable bonds is 4. The van der Waals surface area contributed by atoms with Gasteiger partial charge in [-0.15, -0.1) is 0 Å². The van der Waals surface area contributed by atoms with E-state index in [2.05, 4.69) is 9.97 Å². The molecule has 5 aromatic rings.